The second-order valence-electron chi connectivity index (χ2n) is 4.30. The number of hydrogen-bond acceptors (Lipinski definition) is 4. The van der Waals surface area contributed by atoms with Crippen LogP contribution >= 0.6 is 0 Å². The number of carbonyl (C=O) groups excluding carboxylic acids is 1. The number of rotatable bonds is 1. The molecule has 1 saturated heterocycles. The normalized spacial score (nSPS) is 21.5. The van der Waals surface area contributed by atoms with Crippen LogP contribution in [0.2, 0.25) is 0 Å². The molecule has 1 unspecified atom stereocenters. The largest absolute Gasteiger partial charge is 0.480 e. The lowest BCUT2D eigenvalue weighted by Gasteiger charge is -2.25. The van der Waals surface area contributed by atoms with Gasteiger partial charge in [0.05, 0.1) is 6.61 Å². The average Bonchev–Trinajstić information content (AvgIpc) is 2.47. The minimum Gasteiger partial charge on any atom is -0.480 e. The second-order valence-corrected chi connectivity index (χ2v) is 4.30. The van der Waals surface area contributed by atoms with Gasteiger partial charge in [-0.3, -0.25) is 4.90 Å². The van der Waals surface area contributed by atoms with Crippen molar-refractivity contribution in [1.82, 2.24) is 4.90 Å². The van der Waals surface area contributed by atoms with Crippen molar-refractivity contribution in [3.63, 3.8) is 0 Å². The summed E-state index contributed by atoms with van der Waals surface area (Å²) in [5.74, 6) is -1.08. The maximum atomic E-state index is 11.5. The Morgan fingerprint density at radius 1 is 1.47 bits per heavy atom. The maximum Gasteiger partial charge on any atom is 0.412 e. The molecule has 0 saturated carbocycles. The van der Waals surface area contributed by atoms with Crippen LogP contribution in [0.5, 0.6) is 0 Å². The Hall–Kier alpha value is -1.30. The highest BCUT2D eigenvalue weighted by molar-refractivity contribution is 5.80. The van der Waals surface area contributed by atoms with Crippen molar-refractivity contribution in [1.29, 1.82) is 0 Å². The van der Waals surface area contributed by atoms with E-state index in [-0.39, 0.29) is 13.3 Å². The summed E-state index contributed by atoms with van der Waals surface area (Å²) < 4.78 is 9.96. The van der Waals surface area contributed by atoms with Gasteiger partial charge in [0, 0.05) is 0 Å². The van der Waals surface area contributed by atoms with E-state index in [0.717, 1.165) is 4.90 Å². The smallest absolute Gasteiger partial charge is 0.412 e. The standard InChI is InChI=1S/C9H15NO5/c1-9(2,3)15-8(13)10-5-14-4-6(10)7(11)12/h6H,4-5H2,1-3H3,(H,11,12). The lowest BCUT2D eigenvalue weighted by molar-refractivity contribution is -0.141. The van der Waals surface area contributed by atoms with E-state index in [1.165, 1.54) is 0 Å². The van der Waals surface area contributed by atoms with E-state index in [9.17, 15) is 9.59 Å². The predicted molar refractivity (Wildman–Crippen MR) is 50.3 cm³/mol. The van der Waals surface area contributed by atoms with Gasteiger partial charge in [0.25, 0.3) is 0 Å². The zero-order valence-corrected chi connectivity index (χ0v) is 9.02. The van der Waals surface area contributed by atoms with Gasteiger partial charge in [-0.25, -0.2) is 9.59 Å². The quantitative estimate of drug-likeness (QED) is 0.698. The summed E-state index contributed by atoms with van der Waals surface area (Å²) in [4.78, 5) is 23.4. The molecule has 0 bridgehead atoms. The van der Waals surface area contributed by atoms with Crippen LogP contribution in [0.25, 0.3) is 0 Å². The van der Waals surface area contributed by atoms with Crippen molar-refractivity contribution in [2.75, 3.05) is 13.3 Å². The molecule has 1 rings (SSSR count). The third-order valence-electron chi connectivity index (χ3n) is 1.80. The molecule has 6 heteroatoms. The van der Waals surface area contributed by atoms with Gasteiger partial charge in [0.15, 0.2) is 6.04 Å². The Morgan fingerprint density at radius 3 is 2.53 bits per heavy atom. The van der Waals surface area contributed by atoms with Crippen LogP contribution in [0.3, 0.4) is 0 Å². The molecule has 1 N–H and O–H groups in total. The molecule has 86 valence electrons. The Kier molecular flexibility index (Phi) is 3.18. The number of nitrogens with zero attached hydrogens (tertiary/aromatic N) is 1. The highest BCUT2D eigenvalue weighted by Gasteiger charge is 2.37. The van der Waals surface area contributed by atoms with Crippen LogP contribution in [0.1, 0.15) is 20.8 Å². The Labute approximate surface area is 87.8 Å². The highest BCUT2D eigenvalue weighted by atomic mass is 16.6. The number of amides is 1. The summed E-state index contributed by atoms with van der Waals surface area (Å²) in [5, 5.41) is 8.80. The maximum absolute atomic E-state index is 11.5. The molecule has 0 spiro atoms. The third-order valence-corrected chi connectivity index (χ3v) is 1.80. The first-order valence-electron chi connectivity index (χ1n) is 4.61. The van der Waals surface area contributed by atoms with Gasteiger partial charge in [-0.05, 0) is 20.8 Å². The van der Waals surface area contributed by atoms with Crippen molar-refractivity contribution in [2.45, 2.75) is 32.4 Å². The van der Waals surface area contributed by atoms with E-state index >= 15 is 0 Å². The molecule has 1 fully saturated rings. The molecule has 1 aliphatic rings. The number of carbonyl (C=O) groups is 2. The fraction of sp³-hybridized carbons (Fsp3) is 0.778. The molecule has 1 amide bonds. The van der Waals surface area contributed by atoms with Crippen molar-refractivity contribution >= 4 is 12.1 Å². The van der Waals surface area contributed by atoms with Gasteiger partial charge in [0.2, 0.25) is 0 Å². The lowest BCUT2D eigenvalue weighted by Crippen LogP contribution is -2.44. The van der Waals surface area contributed by atoms with Crippen LogP contribution in [-0.4, -0.2) is 47.0 Å². The van der Waals surface area contributed by atoms with Crippen LogP contribution < -0.4 is 0 Å². The van der Waals surface area contributed by atoms with Crippen molar-refractivity contribution in [3.8, 4) is 0 Å². The van der Waals surface area contributed by atoms with Crippen LogP contribution in [0, 0.1) is 0 Å². The fourth-order valence-corrected chi connectivity index (χ4v) is 1.15. The second kappa shape index (κ2) is 4.06. The number of aliphatic carboxylic acids is 1. The predicted octanol–water partition coefficient (Wildman–Crippen LogP) is 0.664. The first-order valence-corrected chi connectivity index (χ1v) is 4.61. The van der Waals surface area contributed by atoms with Gasteiger partial charge >= 0.3 is 12.1 Å². The van der Waals surface area contributed by atoms with Gasteiger partial charge in [-0.2, -0.15) is 0 Å². The number of carboxylic acids is 1. The van der Waals surface area contributed by atoms with Gasteiger partial charge in [0.1, 0.15) is 12.3 Å². The van der Waals surface area contributed by atoms with E-state index in [1.807, 2.05) is 0 Å². The first-order chi connectivity index (χ1) is 6.81. The summed E-state index contributed by atoms with van der Waals surface area (Å²) in [7, 11) is 0. The van der Waals surface area contributed by atoms with Crippen molar-refractivity contribution in [2.24, 2.45) is 0 Å². The Morgan fingerprint density at radius 2 is 2.07 bits per heavy atom. The lowest BCUT2D eigenvalue weighted by atomic mass is 10.2. The van der Waals surface area contributed by atoms with Gasteiger partial charge in [-0.15, -0.1) is 0 Å². The fourth-order valence-electron chi connectivity index (χ4n) is 1.15. The van der Waals surface area contributed by atoms with Gasteiger partial charge in [-0.1, -0.05) is 0 Å². The molecular formula is C9H15NO5. The molecule has 1 heterocycles. The van der Waals surface area contributed by atoms with Crippen LogP contribution in [-0.2, 0) is 14.3 Å². The summed E-state index contributed by atoms with van der Waals surface area (Å²) in [6.07, 6.45) is -0.660. The molecule has 6 nitrogen and oxygen atoms in total. The summed E-state index contributed by atoms with van der Waals surface area (Å²) >= 11 is 0. The topological polar surface area (TPSA) is 76.1 Å². The summed E-state index contributed by atoms with van der Waals surface area (Å²) in [6.45, 7) is 5.13. The molecule has 0 aromatic rings. The zero-order valence-electron chi connectivity index (χ0n) is 9.02. The Bertz CT molecular complexity index is 270. The molecule has 0 aromatic carbocycles. The summed E-state index contributed by atoms with van der Waals surface area (Å²) in [6, 6.07) is -0.945. The molecular weight excluding hydrogens is 202 g/mol. The number of carboxylic acid groups (broad SMARTS) is 1. The van der Waals surface area contributed by atoms with E-state index in [4.69, 9.17) is 14.6 Å². The van der Waals surface area contributed by atoms with Gasteiger partial charge < -0.3 is 14.6 Å². The minimum absolute atomic E-state index is 0.00851. The minimum atomic E-state index is -1.08. The number of ether oxygens (including phenoxy) is 2. The molecule has 1 atom stereocenters. The van der Waals surface area contributed by atoms with E-state index in [0.29, 0.717) is 0 Å². The molecule has 1 aliphatic heterocycles. The van der Waals surface area contributed by atoms with E-state index in [1.54, 1.807) is 20.8 Å². The molecule has 0 aliphatic carbocycles. The molecule has 0 radical (unpaired) electrons. The van der Waals surface area contributed by atoms with Crippen LogP contribution in [0.4, 0.5) is 4.79 Å². The van der Waals surface area contributed by atoms with Crippen LogP contribution in [0.15, 0.2) is 0 Å². The summed E-state index contributed by atoms with van der Waals surface area (Å²) in [5.41, 5.74) is -0.636. The Balaban J connectivity index is 2.63. The average molecular weight is 217 g/mol. The van der Waals surface area contributed by atoms with Crippen molar-refractivity contribution < 1.29 is 24.2 Å². The van der Waals surface area contributed by atoms with E-state index in [2.05, 4.69) is 0 Å². The first kappa shape index (κ1) is 11.8. The highest BCUT2D eigenvalue weighted by Crippen LogP contribution is 2.15. The molecule has 15 heavy (non-hydrogen) atoms. The molecule has 0 aromatic heterocycles. The zero-order chi connectivity index (χ0) is 11.6. The van der Waals surface area contributed by atoms with E-state index < -0.39 is 23.7 Å². The SMILES string of the molecule is CC(C)(C)OC(=O)N1COCC1C(=O)O. The number of hydrogen-bond donors (Lipinski definition) is 1. The monoisotopic (exact) mass is 217 g/mol. The van der Waals surface area contributed by atoms with Crippen molar-refractivity contribution in [3.05, 3.63) is 0 Å². The third kappa shape index (κ3) is 3.09.